The van der Waals surface area contributed by atoms with Gasteiger partial charge in [0.1, 0.15) is 0 Å². The Kier molecular flexibility index (Phi) is 7.19. The summed E-state index contributed by atoms with van der Waals surface area (Å²) in [5, 5.41) is 25.7. The molecule has 0 N–H and O–H groups in total. The van der Waals surface area contributed by atoms with Crippen molar-refractivity contribution in [3.8, 4) is 6.07 Å². The number of nitriles is 1. The van der Waals surface area contributed by atoms with Gasteiger partial charge in [0, 0.05) is 18.8 Å². The minimum atomic E-state index is 0.510. The van der Waals surface area contributed by atoms with Crippen LogP contribution in [0.2, 0.25) is 0 Å². The lowest BCUT2D eigenvalue weighted by atomic mass is 10.2. The van der Waals surface area contributed by atoms with E-state index in [1.807, 2.05) is 78.9 Å². The highest BCUT2D eigenvalue weighted by atomic mass is 15.1. The molecule has 0 aliphatic rings. The van der Waals surface area contributed by atoms with E-state index in [0.29, 0.717) is 6.42 Å². The molecule has 0 saturated carbocycles. The number of nitrogens with zero attached hydrogens (tertiary/aromatic N) is 6. The Morgan fingerprint density at radius 2 is 1.14 bits per heavy atom. The highest BCUT2D eigenvalue weighted by Crippen LogP contribution is 2.24. The molecule has 0 amide bonds. The van der Waals surface area contributed by atoms with Crippen molar-refractivity contribution in [1.29, 1.82) is 5.26 Å². The molecule has 0 heterocycles. The van der Waals surface area contributed by atoms with Crippen molar-refractivity contribution in [1.82, 2.24) is 0 Å². The summed E-state index contributed by atoms with van der Waals surface area (Å²) in [4.78, 5) is 2.16. The van der Waals surface area contributed by atoms with Gasteiger partial charge in [0.25, 0.3) is 0 Å². The van der Waals surface area contributed by atoms with Gasteiger partial charge in [0.2, 0.25) is 0 Å². The first-order valence-corrected chi connectivity index (χ1v) is 9.49. The smallest absolute Gasteiger partial charge is 0.0858 e. The summed E-state index contributed by atoms with van der Waals surface area (Å²) < 4.78 is 0. The van der Waals surface area contributed by atoms with Gasteiger partial charge in [-0.3, -0.25) is 0 Å². The maximum Gasteiger partial charge on any atom is 0.0858 e. The maximum atomic E-state index is 8.76. The molecule has 3 aromatic rings. The first-order valence-electron chi connectivity index (χ1n) is 9.49. The van der Waals surface area contributed by atoms with Crippen LogP contribution in [0.3, 0.4) is 0 Å². The second-order valence-corrected chi connectivity index (χ2v) is 6.26. The predicted octanol–water partition coefficient (Wildman–Crippen LogP) is 7.26. The lowest BCUT2D eigenvalue weighted by Gasteiger charge is -2.21. The Morgan fingerprint density at radius 3 is 1.59 bits per heavy atom. The van der Waals surface area contributed by atoms with Crippen molar-refractivity contribution in [3.63, 3.8) is 0 Å². The van der Waals surface area contributed by atoms with Gasteiger partial charge < -0.3 is 4.90 Å². The average molecular weight is 382 g/mol. The fourth-order valence-electron chi connectivity index (χ4n) is 2.70. The molecule has 144 valence electrons. The van der Waals surface area contributed by atoms with Crippen LogP contribution in [0.5, 0.6) is 0 Å². The zero-order valence-corrected chi connectivity index (χ0v) is 16.3. The topological polar surface area (TPSA) is 76.5 Å². The van der Waals surface area contributed by atoms with Crippen molar-refractivity contribution in [2.24, 2.45) is 20.5 Å². The molecule has 6 heteroatoms. The van der Waals surface area contributed by atoms with Crippen LogP contribution in [0.15, 0.2) is 99.3 Å². The molecule has 6 nitrogen and oxygen atoms in total. The predicted molar refractivity (Wildman–Crippen MR) is 116 cm³/mol. The molecule has 0 unspecified atom stereocenters. The van der Waals surface area contributed by atoms with Crippen molar-refractivity contribution >= 4 is 28.4 Å². The summed E-state index contributed by atoms with van der Waals surface area (Å²) in [6.45, 7) is 3.66. The van der Waals surface area contributed by atoms with Crippen molar-refractivity contribution < 1.29 is 0 Å². The molecule has 0 aliphatic heterocycles. The summed E-state index contributed by atoms with van der Waals surface area (Å²) in [7, 11) is 0. The van der Waals surface area contributed by atoms with Gasteiger partial charge in [-0.1, -0.05) is 18.2 Å². The van der Waals surface area contributed by atoms with E-state index in [-0.39, 0.29) is 0 Å². The van der Waals surface area contributed by atoms with Crippen LogP contribution in [-0.2, 0) is 0 Å². The van der Waals surface area contributed by atoms with Crippen LogP contribution in [0, 0.1) is 11.3 Å². The second-order valence-electron chi connectivity index (χ2n) is 6.26. The number of rotatable bonds is 8. The number of hydrogen-bond donors (Lipinski definition) is 0. The fourth-order valence-corrected chi connectivity index (χ4v) is 2.70. The van der Waals surface area contributed by atoms with Gasteiger partial charge in [-0.05, 0) is 67.6 Å². The quantitative estimate of drug-likeness (QED) is 0.384. The van der Waals surface area contributed by atoms with E-state index < -0.39 is 0 Å². The highest BCUT2D eigenvalue weighted by molar-refractivity contribution is 5.53. The van der Waals surface area contributed by atoms with E-state index >= 15 is 0 Å². The molecule has 0 aliphatic carbocycles. The zero-order valence-electron chi connectivity index (χ0n) is 16.3. The second kappa shape index (κ2) is 10.5. The molecule has 0 bridgehead atoms. The summed E-state index contributed by atoms with van der Waals surface area (Å²) in [6, 6.07) is 27.1. The van der Waals surface area contributed by atoms with Gasteiger partial charge in [-0.25, -0.2) is 0 Å². The van der Waals surface area contributed by atoms with Crippen LogP contribution < -0.4 is 4.90 Å². The highest BCUT2D eigenvalue weighted by Gasteiger charge is 2.03. The Balaban J connectivity index is 1.61. The monoisotopic (exact) mass is 382 g/mol. The van der Waals surface area contributed by atoms with Crippen LogP contribution in [0.25, 0.3) is 0 Å². The fraction of sp³-hybridized carbons (Fsp3) is 0.174. The number of hydrogen-bond acceptors (Lipinski definition) is 6. The third kappa shape index (κ3) is 6.08. The molecule has 0 aromatic heterocycles. The molecule has 0 saturated heterocycles. The zero-order chi connectivity index (χ0) is 20.3. The molecule has 0 atom stereocenters. The summed E-state index contributed by atoms with van der Waals surface area (Å²) in [6.07, 6.45) is 0.510. The van der Waals surface area contributed by atoms with E-state index in [1.54, 1.807) is 0 Å². The van der Waals surface area contributed by atoms with E-state index in [4.69, 9.17) is 5.26 Å². The Bertz CT molecular complexity index is 986. The van der Waals surface area contributed by atoms with Crippen LogP contribution in [0.1, 0.15) is 13.3 Å². The van der Waals surface area contributed by atoms with E-state index in [9.17, 15) is 0 Å². The number of azo groups is 2. The Morgan fingerprint density at radius 1 is 0.690 bits per heavy atom. The van der Waals surface area contributed by atoms with Crippen molar-refractivity contribution in [2.45, 2.75) is 13.3 Å². The number of anilines is 1. The SMILES string of the molecule is CCN(CCC#N)c1ccc(N=Nc2ccc(N=Nc3ccccc3)cc2)cc1. The van der Waals surface area contributed by atoms with Gasteiger partial charge in [-0.2, -0.15) is 25.7 Å². The molecule has 0 radical (unpaired) electrons. The summed E-state index contributed by atoms with van der Waals surface area (Å²) >= 11 is 0. The van der Waals surface area contributed by atoms with Crippen LogP contribution >= 0.6 is 0 Å². The minimum absolute atomic E-state index is 0.510. The van der Waals surface area contributed by atoms with Crippen molar-refractivity contribution in [2.75, 3.05) is 18.0 Å². The minimum Gasteiger partial charge on any atom is -0.371 e. The average Bonchev–Trinajstić information content (AvgIpc) is 2.79. The van der Waals surface area contributed by atoms with Gasteiger partial charge in [0.05, 0.1) is 35.2 Å². The van der Waals surface area contributed by atoms with Crippen molar-refractivity contribution in [3.05, 3.63) is 78.9 Å². The first-order chi connectivity index (χ1) is 14.3. The standard InChI is InChI=1S/C23H22N6/c1-2-29(18-6-17-24)23-15-13-22(14-16-23)28-27-21-11-9-20(10-12-21)26-25-19-7-4-3-5-8-19/h3-5,7-16H,2,6,18H2,1H3. The molecule has 0 spiro atoms. The van der Waals surface area contributed by atoms with E-state index in [0.717, 1.165) is 41.5 Å². The van der Waals surface area contributed by atoms with E-state index in [1.165, 1.54) is 0 Å². The molecule has 3 rings (SSSR count). The molecular weight excluding hydrogens is 360 g/mol. The van der Waals surface area contributed by atoms with E-state index in [2.05, 4.69) is 38.3 Å². The molecule has 3 aromatic carbocycles. The van der Waals surface area contributed by atoms with Crippen LogP contribution in [-0.4, -0.2) is 13.1 Å². The molecular formula is C23H22N6. The normalized spacial score (nSPS) is 11.0. The van der Waals surface area contributed by atoms with Gasteiger partial charge in [-0.15, -0.1) is 0 Å². The van der Waals surface area contributed by atoms with Gasteiger partial charge in [0.15, 0.2) is 0 Å². The molecule has 0 fully saturated rings. The van der Waals surface area contributed by atoms with Gasteiger partial charge >= 0.3 is 0 Å². The Hall–Kier alpha value is -3.85. The first kappa shape index (κ1) is 19.9. The summed E-state index contributed by atoms with van der Waals surface area (Å²) in [5.41, 5.74) is 4.17. The number of benzene rings is 3. The largest absolute Gasteiger partial charge is 0.371 e. The maximum absolute atomic E-state index is 8.76. The summed E-state index contributed by atoms with van der Waals surface area (Å²) in [5.74, 6) is 0. The van der Waals surface area contributed by atoms with Crippen LogP contribution in [0.4, 0.5) is 28.4 Å². The third-order valence-corrected chi connectivity index (χ3v) is 4.26. The third-order valence-electron chi connectivity index (χ3n) is 4.26. The Labute approximate surface area is 170 Å². The lowest BCUT2D eigenvalue weighted by Crippen LogP contribution is -2.23. The lowest BCUT2D eigenvalue weighted by molar-refractivity contribution is 0.827. The molecule has 29 heavy (non-hydrogen) atoms.